The highest BCUT2D eigenvalue weighted by Crippen LogP contribution is 2.33. The molecule has 0 bridgehead atoms. The second-order valence-corrected chi connectivity index (χ2v) is 5.80. The largest absolute Gasteiger partial charge is 0.490 e. The van der Waals surface area contributed by atoms with Crippen LogP contribution in [0.25, 0.3) is 0 Å². The number of hydrogen-bond donors (Lipinski definition) is 0. The zero-order chi connectivity index (χ0) is 11.3. The average Bonchev–Trinajstić information content (AvgIpc) is 2.16. The van der Waals surface area contributed by atoms with Crippen molar-refractivity contribution in [3.8, 4) is 5.75 Å². The SMILES string of the molecule is CCC(CC(Cl)(Cl)Cl)Oc1ccccc1. The molecule has 15 heavy (non-hydrogen) atoms. The molecule has 0 aliphatic rings. The molecule has 1 rings (SSSR count). The monoisotopic (exact) mass is 266 g/mol. The lowest BCUT2D eigenvalue weighted by Crippen LogP contribution is -2.22. The van der Waals surface area contributed by atoms with Gasteiger partial charge in [-0.3, -0.25) is 0 Å². The molecule has 4 heteroatoms. The summed E-state index contributed by atoms with van der Waals surface area (Å²) in [5, 5.41) is 0. The molecule has 0 aliphatic carbocycles. The molecule has 1 aromatic carbocycles. The molecule has 0 saturated heterocycles. The molecular formula is C11H13Cl3O. The lowest BCUT2D eigenvalue weighted by molar-refractivity contribution is 0.188. The van der Waals surface area contributed by atoms with Crippen LogP contribution in [0.2, 0.25) is 0 Å². The Labute approximate surface area is 105 Å². The summed E-state index contributed by atoms with van der Waals surface area (Å²) in [5.41, 5.74) is 0. The molecule has 0 aromatic heterocycles. The van der Waals surface area contributed by atoms with Gasteiger partial charge in [0.1, 0.15) is 11.9 Å². The van der Waals surface area contributed by atoms with Crippen LogP contribution in [-0.2, 0) is 0 Å². The van der Waals surface area contributed by atoms with Gasteiger partial charge >= 0.3 is 0 Å². The predicted octanol–water partition coefficient (Wildman–Crippen LogP) is 4.60. The lowest BCUT2D eigenvalue weighted by Gasteiger charge is -2.21. The lowest BCUT2D eigenvalue weighted by atomic mass is 10.2. The fraction of sp³-hybridized carbons (Fsp3) is 0.455. The molecule has 0 heterocycles. The molecule has 1 atom stereocenters. The molecule has 1 aromatic rings. The smallest absolute Gasteiger partial charge is 0.194 e. The Morgan fingerprint density at radius 2 is 1.80 bits per heavy atom. The fourth-order valence-electron chi connectivity index (χ4n) is 1.22. The summed E-state index contributed by atoms with van der Waals surface area (Å²) in [6.45, 7) is 2.00. The molecular weight excluding hydrogens is 254 g/mol. The summed E-state index contributed by atoms with van der Waals surface area (Å²) < 4.78 is 4.43. The standard InChI is InChI=1S/C11H13Cl3O/c1-2-9(8-11(12,13)14)15-10-6-4-3-5-7-10/h3-7,9H,2,8H2,1H3. The predicted molar refractivity (Wildman–Crippen MR) is 66.1 cm³/mol. The summed E-state index contributed by atoms with van der Waals surface area (Å²) in [6.07, 6.45) is 1.13. The Morgan fingerprint density at radius 1 is 1.20 bits per heavy atom. The molecule has 84 valence electrons. The van der Waals surface area contributed by atoms with Gasteiger partial charge in [0.25, 0.3) is 0 Å². The maximum absolute atomic E-state index is 5.72. The van der Waals surface area contributed by atoms with Gasteiger partial charge in [0.05, 0.1) is 0 Å². The topological polar surface area (TPSA) is 9.23 Å². The Kier molecular flexibility index (Phi) is 5.04. The third-order valence-corrected chi connectivity index (χ3v) is 2.42. The first-order chi connectivity index (χ1) is 7.01. The summed E-state index contributed by atoms with van der Waals surface area (Å²) in [5.74, 6) is 0.804. The minimum absolute atomic E-state index is 0.0695. The van der Waals surface area contributed by atoms with Gasteiger partial charge in [0, 0.05) is 6.42 Å². The van der Waals surface area contributed by atoms with Crippen molar-refractivity contribution in [2.75, 3.05) is 0 Å². The van der Waals surface area contributed by atoms with E-state index in [9.17, 15) is 0 Å². The van der Waals surface area contributed by atoms with Crippen LogP contribution >= 0.6 is 34.8 Å². The first-order valence-corrected chi connectivity index (χ1v) is 5.93. The van der Waals surface area contributed by atoms with Crippen LogP contribution in [0.1, 0.15) is 19.8 Å². The Balaban J connectivity index is 2.55. The van der Waals surface area contributed by atoms with Gasteiger partial charge < -0.3 is 4.74 Å². The zero-order valence-corrected chi connectivity index (χ0v) is 10.7. The second kappa shape index (κ2) is 5.83. The summed E-state index contributed by atoms with van der Waals surface area (Å²) in [7, 11) is 0. The normalized spacial score (nSPS) is 13.6. The number of ether oxygens (including phenoxy) is 1. The maximum Gasteiger partial charge on any atom is 0.194 e. The molecule has 0 N–H and O–H groups in total. The van der Waals surface area contributed by atoms with Crippen molar-refractivity contribution in [2.45, 2.75) is 29.7 Å². The van der Waals surface area contributed by atoms with E-state index in [-0.39, 0.29) is 6.10 Å². The highest BCUT2D eigenvalue weighted by molar-refractivity contribution is 6.67. The van der Waals surface area contributed by atoms with Crippen LogP contribution in [0.5, 0.6) is 5.75 Å². The summed E-state index contributed by atoms with van der Waals surface area (Å²) in [6, 6.07) is 9.54. The van der Waals surface area contributed by atoms with Gasteiger partial charge in [-0.2, -0.15) is 0 Å². The molecule has 0 saturated carbocycles. The van der Waals surface area contributed by atoms with E-state index in [0.717, 1.165) is 12.2 Å². The fourth-order valence-corrected chi connectivity index (χ4v) is 1.74. The van der Waals surface area contributed by atoms with Crippen molar-refractivity contribution < 1.29 is 4.74 Å². The quantitative estimate of drug-likeness (QED) is 0.724. The first-order valence-electron chi connectivity index (χ1n) is 4.79. The molecule has 0 fully saturated rings. The Bertz CT molecular complexity index is 282. The number of alkyl halides is 3. The van der Waals surface area contributed by atoms with E-state index in [1.165, 1.54) is 0 Å². The van der Waals surface area contributed by atoms with Gasteiger partial charge in [-0.25, -0.2) is 0 Å². The van der Waals surface area contributed by atoms with Crippen molar-refractivity contribution in [1.29, 1.82) is 0 Å². The van der Waals surface area contributed by atoms with Crippen LogP contribution in [0, 0.1) is 0 Å². The van der Waals surface area contributed by atoms with Crippen molar-refractivity contribution in [3.63, 3.8) is 0 Å². The van der Waals surface area contributed by atoms with E-state index < -0.39 is 3.79 Å². The third-order valence-electron chi connectivity index (χ3n) is 1.96. The first kappa shape index (κ1) is 13.0. The second-order valence-electron chi connectivity index (χ2n) is 3.28. The Morgan fingerprint density at radius 3 is 2.27 bits per heavy atom. The van der Waals surface area contributed by atoms with E-state index in [0.29, 0.717) is 6.42 Å². The van der Waals surface area contributed by atoms with E-state index >= 15 is 0 Å². The Hall–Kier alpha value is -0.110. The number of hydrogen-bond acceptors (Lipinski definition) is 1. The molecule has 0 radical (unpaired) electrons. The van der Waals surface area contributed by atoms with E-state index in [1.54, 1.807) is 0 Å². The third kappa shape index (κ3) is 5.50. The van der Waals surface area contributed by atoms with Crippen LogP contribution in [0.15, 0.2) is 30.3 Å². The van der Waals surface area contributed by atoms with E-state index in [4.69, 9.17) is 39.5 Å². The number of benzene rings is 1. The van der Waals surface area contributed by atoms with E-state index in [1.807, 2.05) is 37.3 Å². The van der Waals surface area contributed by atoms with Gasteiger partial charge in [0.2, 0.25) is 0 Å². The van der Waals surface area contributed by atoms with Crippen LogP contribution in [-0.4, -0.2) is 9.90 Å². The number of rotatable bonds is 4. The van der Waals surface area contributed by atoms with Gasteiger partial charge in [-0.05, 0) is 18.6 Å². The summed E-state index contributed by atoms with van der Waals surface area (Å²) in [4.78, 5) is 0. The van der Waals surface area contributed by atoms with Crippen LogP contribution < -0.4 is 4.74 Å². The highest BCUT2D eigenvalue weighted by Gasteiger charge is 2.25. The van der Waals surface area contributed by atoms with Crippen molar-refractivity contribution >= 4 is 34.8 Å². The highest BCUT2D eigenvalue weighted by atomic mass is 35.6. The van der Waals surface area contributed by atoms with E-state index in [2.05, 4.69) is 0 Å². The molecule has 0 spiro atoms. The average molecular weight is 268 g/mol. The van der Waals surface area contributed by atoms with Crippen molar-refractivity contribution in [2.24, 2.45) is 0 Å². The molecule has 0 amide bonds. The number of halogens is 3. The van der Waals surface area contributed by atoms with Crippen molar-refractivity contribution in [1.82, 2.24) is 0 Å². The van der Waals surface area contributed by atoms with Gasteiger partial charge in [-0.15, -0.1) is 0 Å². The van der Waals surface area contributed by atoms with Crippen molar-refractivity contribution in [3.05, 3.63) is 30.3 Å². The molecule has 1 nitrogen and oxygen atoms in total. The van der Waals surface area contributed by atoms with Crippen LogP contribution in [0.4, 0.5) is 0 Å². The summed E-state index contributed by atoms with van der Waals surface area (Å²) >= 11 is 17.2. The molecule has 0 aliphatic heterocycles. The molecule has 1 unspecified atom stereocenters. The van der Waals surface area contributed by atoms with Gasteiger partial charge in [0.15, 0.2) is 3.79 Å². The minimum atomic E-state index is -1.25. The minimum Gasteiger partial charge on any atom is -0.490 e. The number of para-hydroxylation sites is 1. The van der Waals surface area contributed by atoms with Gasteiger partial charge in [-0.1, -0.05) is 59.9 Å². The zero-order valence-electron chi connectivity index (χ0n) is 8.42. The maximum atomic E-state index is 5.72. The van der Waals surface area contributed by atoms with Crippen LogP contribution in [0.3, 0.4) is 0 Å².